The van der Waals surface area contributed by atoms with E-state index in [1.807, 2.05) is 6.20 Å². The van der Waals surface area contributed by atoms with Gasteiger partial charge < -0.3 is 15.2 Å². The van der Waals surface area contributed by atoms with Crippen molar-refractivity contribution in [2.75, 3.05) is 19.6 Å². The molecule has 2 aliphatic rings. The van der Waals surface area contributed by atoms with Gasteiger partial charge in [-0.2, -0.15) is 0 Å². The standard InChI is InChI=1S/C27H36N4.2ClH/c1-2-8-23(9-3-1)31-20-26(25-10-4-5-11-27(25)31)24(21-7-6-15-29-19-21)14-18-30-22-12-16-28-17-13-22;;/h4-7,10-11,15,19-20,22-24,28,30H,1-3,8-9,12-14,16-18H2;2*1H. The lowest BCUT2D eigenvalue weighted by Crippen LogP contribution is -2.40. The highest BCUT2D eigenvalue weighted by Gasteiger charge is 2.24. The first-order valence-electron chi connectivity index (χ1n) is 12.3. The minimum absolute atomic E-state index is 0. The molecule has 3 heterocycles. The third-order valence-corrected chi connectivity index (χ3v) is 7.41. The summed E-state index contributed by atoms with van der Waals surface area (Å²) >= 11 is 0. The highest BCUT2D eigenvalue weighted by Crippen LogP contribution is 2.38. The lowest BCUT2D eigenvalue weighted by Gasteiger charge is -2.25. The Bertz CT molecular complexity index is 963. The molecule has 0 amide bonds. The van der Waals surface area contributed by atoms with Gasteiger partial charge in [-0.05, 0) is 75.0 Å². The number of benzene rings is 1. The molecular weight excluding hydrogens is 451 g/mol. The van der Waals surface area contributed by atoms with E-state index >= 15 is 0 Å². The normalized spacial score (nSPS) is 18.4. The van der Waals surface area contributed by atoms with E-state index in [2.05, 4.69) is 69.0 Å². The maximum Gasteiger partial charge on any atom is 0.0485 e. The Morgan fingerprint density at radius 2 is 1.76 bits per heavy atom. The van der Waals surface area contributed by atoms with Crippen molar-refractivity contribution in [1.29, 1.82) is 0 Å². The Kier molecular flexibility index (Phi) is 10.1. The van der Waals surface area contributed by atoms with E-state index in [1.165, 1.54) is 67.0 Å². The number of hydrogen-bond donors (Lipinski definition) is 2. The second-order valence-electron chi connectivity index (χ2n) is 9.41. The summed E-state index contributed by atoms with van der Waals surface area (Å²) in [6.45, 7) is 3.32. The Morgan fingerprint density at radius 1 is 0.970 bits per heavy atom. The van der Waals surface area contributed by atoms with Gasteiger partial charge in [0.1, 0.15) is 0 Å². The molecule has 1 atom stereocenters. The van der Waals surface area contributed by atoms with E-state index in [9.17, 15) is 0 Å². The summed E-state index contributed by atoms with van der Waals surface area (Å²) in [4.78, 5) is 4.47. The van der Waals surface area contributed by atoms with Crippen LogP contribution in [0.2, 0.25) is 0 Å². The van der Waals surface area contributed by atoms with Crippen LogP contribution in [-0.4, -0.2) is 35.2 Å². The van der Waals surface area contributed by atoms with Gasteiger partial charge in [0.2, 0.25) is 0 Å². The van der Waals surface area contributed by atoms with Crippen LogP contribution in [0.5, 0.6) is 0 Å². The van der Waals surface area contributed by atoms with Gasteiger partial charge in [-0.25, -0.2) is 0 Å². The summed E-state index contributed by atoms with van der Waals surface area (Å²) in [6.07, 6.45) is 16.8. The summed E-state index contributed by atoms with van der Waals surface area (Å²) in [5.41, 5.74) is 4.21. The Morgan fingerprint density at radius 3 is 2.52 bits per heavy atom. The molecule has 1 saturated carbocycles. The van der Waals surface area contributed by atoms with Crippen molar-refractivity contribution < 1.29 is 0 Å². The first-order chi connectivity index (χ1) is 15.4. The van der Waals surface area contributed by atoms with Gasteiger partial charge in [-0.1, -0.05) is 43.5 Å². The number of fused-ring (bicyclic) bond motifs is 1. The van der Waals surface area contributed by atoms with E-state index in [1.54, 1.807) is 0 Å². The van der Waals surface area contributed by atoms with Crippen LogP contribution in [0.1, 0.15) is 74.5 Å². The van der Waals surface area contributed by atoms with Crippen LogP contribution in [0.25, 0.3) is 10.9 Å². The maximum atomic E-state index is 4.47. The molecule has 1 saturated heterocycles. The number of nitrogens with zero attached hydrogens (tertiary/aromatic N) is 2. The molecule has 2 fully saturated rings. The summed E-state index contributed by atoms with van der Waals surface area (Å²) in [7, 11) is 0. The lowest BCUT2D eigenvalue weighted by atomic mass is 9.89. The smallest absolute Gasteiger partial charge is 0.0485 e. The fraction of sp³-hybridized carbons (Fsp3) is 0.519. The van der Waals surface area contributed by atoms with E-state index in [0.29, 0.717) is 18.0 Å². The van der Waals surface area contributed by atoms with Crippen LogP contribution in [0.3, 0.4) is 0 Å². The van der Waals surface area contributed by atoms with Gasteiger partial charge in [0.25, 0.3) is 0 Å². The minimum Gasteiger partial charge on any atom is -0.344 e. The molecule has 2 aromatic heterocycles. The van der Waals surface area contributed by atoms with Crippen LogP contribution >= 0.6 is 24.8 Å². The number of pyridine rings is 1. The molecule has 1 aliphatic heterocycles. The maximum absolute atomic E-state index is 4.47. The first kappa shape index (κ1) is 26.0. The summed E-state index contributed by atoms with van der Waals surface area (Å²) in [5.74, 6) is 0.373. The molecular formula is C27H38Cl2N4. The molecule has 0 spiro atoms. The summed E-state index contributed by atoms with van der Waals surface area (Å²) < 4.78 is 2.60. The molecule has 1 aliphatic carbocycles. The van der Waals surface area contributed by atoms with Crippen molar-refractivity contribution in [1.82, 2.24) is 20.2 Å². The number of halogens is 2. The number of nitrogens with one attached hydrogen (secondary N) is 2. The second-order valence-corrected chi connectivity index (χ2v) is 9.41. The van der Waals surface area contributed by atoms with Crippen molar-refractivity contribution in [2.45, 2.75) is 69.4 Å². The van der Waals surface area contributed by atoms with Gasteiger partial charge in [0.05, 0.1) is 0 Å². The lowest BCUT2D eigenvalue weighted by molar-refractivity contribution is 0.360. The highest BCUT2D eigenvalue weighted by atomic mass is 35.5. The van der Waals surface area contributed by atoms with E-state index in [0.717, 1.165) is 26.1 Å². The average Bonchev–Trinajstić information content (AvgIpc) is 3.23. The van der Waals surface area contributed by atoms with Crippen molar-refractivity contribution in [2.24, 2.45) is 0 Å². The predicted octanol–water partition coefficient (Wildman–Crippen LogP) is 6.25. The molecule has 1 aromatic carbocycles. The predicted molar refractivity (Wildman–Crippen MR) is 143 cm³/mol. The number of rotatable bonds is 7. The van der Waals surface area contributed by atoms with Gasteiger partial charge in [-0.15, -0.1) is 24.8 Å². The van der Waals surface area contributed by atoms with E-state index in [4.69, 9.17) is 0 Å². The molecule has 6 heteroatoms. The first-order valence-corrected chi connectivity index (χ1v) is 12.3. The fourth-order valence-corrected chi connectivity index (χ4v) is 5.71. The zero-order chi connectivity index (χ0) is 20.9. The molecule has 3 aromatic rings. The van der Waals surface area contributed by atoms with Crippen molar-refractivity contribution in [3.8, 4) is 0 Å². The third kappa shape index (κ3) is 6.10. The molecule has 180 valence electrons. The number of para-hydroxylation sites is 1. The largest absolute Gasteiger partial charge is 0.344 e. The number of hydrogen-bond acceptors (Lipinski definition) is 3. The van der Waals surface area contributed by atoms with E-state index in [-0.39, 0.29) is 24.8 Å². The van der Waals surface area contributed by atoms with Crippen LogP contribution in [-0.2, 0) is 0 Å². The van der Waals surface area contributed by atoms with Crippen LogP contribution in [0.4, 0.5) is 0 Å². The zero-order valence-electron chi connectivity index (χ0n) is 19.4. The SMILES string of the molecule is Cl.Cl.c1cncc(C(CCNC2CCNCC2)c2cn(C3CCCCC3)c3ccccc23)c1. The fourth-order valence-electron chi connectivity index (χ4n) is 5.71. The molecule has 1 unspecified atom stereocenters. The van der Waals surface area contributed by atoms with Crippen molar-refractivity contribution in [3.05, 3.63) is 66.1 Å². The average molecular weight is 490 g/mol. The molecule has 4 nitrogen and oxygen atoms in total. The number of aromatic nitrogens is 2. The van der Waals surface area contributed by atoms with Crippen molar-refractivity contribution in [3.63, 3.8) is 0 Å². The van der Waals surface area contributed by atoms with Crippen molar-refractivity contribution >= 4 is 35.7 Å². The van der Waals surface area contributed by atoms with Gasteiger partial charge in [0.15, 0.2) is 0 Å². The monoisotopic (exact) mass is 488 g/mol. The Labute approximate surface area is 210 Å². The topological polar surface area (TPSA) is 41.9 Å². The Balaban J connectivity index is 0.00000153. The van der Waals surface area contributed by atoms with Crippen LogP contribution < -0.4 is 10.6 Å². The highest BCUT2D eigenvalue weighted by molar-refractivity contribution is 5.86. The molecule has 5 rings (SSSR count). The Hall–Kier alpha value is -1.59. The molecule has 0 bridgehead atoms. The minimum atomic E-state index is 0. The summed E-state index contributed by atoms with van der Waals surface area (Å²) in [5, 5.41) is 8.73. The molecule has 2 N–H and O–H groups in total. The third-order valence-electron chi connectivity index (χ3n) is 7.41. The van der Waals surface area contributed by atoms with Gasteiger partial charge >= 0.3 is 0 Å². The van der Waals surface area contributed by atoms with E-state index < -0.39 is 0 Å². The quantitative estimate of drug-likeness (QED) is 0.412. The molecule has 33 heavy (non-hydrogen) atoms. The second kappa shape index (κ2) is 12.8. The zero-order valence-corrected chi connectivity index (χ0v) is 21.1. The number of piperidine rings is 1. The molecule has 0 radical (unpaired) electrons. The van der Waals surface area contributed by atoms with Gasteiger partial charge in [-0.3, -0.25) is 4.98 Å². The van der Waals surface area contributed by atoms with Gasteiger partial charge in [0, 0.05) is 47.5 Å². The van der Waals surface area contributed by atoms with Crippen LogP contribution in [0, 0.1) is 0 Å². The summed E-state index contributed by atoms with van der Waals surface area (Å²) in [6, 6.07) is 14.7. The van der Waals surface area contributed by atoms with Crippen LogP contribution in [0.15, 0.2) is 55.0 Å².